The van der Waals surface area contributed by atoms with Crippen LogP contribution in [0.15, 0.2) is 0 Å². The molecule has 0 N–H and O–H groups in total. The van der Waals surface area contributed by atoms with Gasteiger partial charge in [-0.3, -0.25) is 16.4 Å². The summed E-state index contributed by atoms with van der Waals surface area (Å²) in [6, 6.07) is 0. The first-order chi connectivity index (χ1) is 2.94. The van der Waals surface area contributed by atoms with Crippen molar-refractivity contribution in [2.45, 2.75) is 0 Å². The lowest BCUT2D eigenvalue weighted by Gasteiger charge is -1.95. The van der Waals surface area contributed by atoms with Gasteiger partial charge in [-0.1, -0.05) is 0 Å². The summed E-state index contributed by atoms with van der Waals surface area (Å²) in [7, 11) is -9.65. The first-order valence-electron chi connectivity index (χ1n) is 1.23. The van der Waals surface area contributed by atoms with Gasteiger partial charge in [-0.05, 0) is 0 Å². The number of hydrogen-bond donors (Lipinski definition) is 1. The van der Waals surface area contributed by atoms with Crippen molar-refractivity contribution >= 4 is 28.5 Å². The van der Waals surface area contributed by atoms with E-state index in [1.54, 1.807) is 0 Å². The summed E-state index contributed by atoms with van der Waals surface area (Å²) >= 11 is 2.45. The molecule has 0 fully saturated rings. The quantitative estimate of drug-likeness (QED) is 0.257. The van der Waals surface area contributed by atoms with Gasteiger partial charge in [0.05, 0.1) is 0 Å². The van der Waals surface area contributed by atoms with Gasteiger partial charge in [0.15, 0.2) is 0 Å². The van der Waals surface area contributed by atoms with Crippen molar-refractivity contribution in [2.75, 3.05) is 0 Å². The lowest BCUT2D eigenvalue weighted by atomic mass is 18.8. The van der Waals surface area contributed by atoms with Crippen LogP contribution in [0.5, 0.6) is 0 Å². The summed E-state index contributed by atoms with van der Waals surface area (Å²) in [5.41, 5.74) is 0. The van der Waals surface area contributed by atoms with E-state index >= 15 is 0 Å². The zero-order chi connectivity index (χ0) is 6.08. The molecule has 0 rings (SSSR count). The highest BCUT2D eigenvalue weighted by molar-refractivity contribution is 8.19. The van der Waals surface area contributed by atoms with Crippen LogP contribution in [0.2, 0.25) is 0 Å². The molecule has 0 heterocycles. The molecular weight excluding hydrogens is 164 g/mol. The van der Waals surface area contributed by atoms with Crippen molar-refractivity contribution in [1.29, 1.82) is 0 Å². The monoisotopic (exact) mass is 165 g/mol. The fourth-order valence-corrected chi connectivity index (χ4v) is 0. The number of halogens is 4. The van der Waals surface area contributed by atoms with Gasteiger partial charge >= 0.3 is 16.4 Å². The van der Waals surface area contributed by atoms with Gasteiger partial charge in [-0.15, -0.1) is 12.1 Å². The van der Waals surface area contributed by atoms with Gasteiger partial charge in [-0.2, -0.15) is 0 Å². The van der Waals surface area contributed by atoms with E-state index in [2.05, 4.69) is 12.1 Å². The minimum absolute atomic E-state index is 2.45. The van der Waals surface area contributed by atoms with Gasteiger partial charge in [0, 0.05) is 0 Å². The Morgan fingerprint density at radius 2 is 1.43 bits per heavy atom. The van der Waals surface area contributed by atoms with Crippen LogP contribution in [-0.4, -0.2) is 16.4 Å². The van der Waals surface area contributed by atoms with Crippen molar-refractivity contribution in [2.24, 2.45) is 0 Å². The zero-order valence-corrected chi connectivity index (χ0v) is 5.85. The fourth-order valence-electron chi connectivity index (χ4n) is 0. The molecule has 0 nitrogen and oxygen atoms in total. The van der Waals surface area contributed by atoms with E-state index in [1.807, 2.05) is 0 Å². The van der Waals surface area contributed by atoms with E-state index in [1.165, 1.54) is 0 Å². The maximum absolute atomic E-state index is 11.1. The average Bonchev–Trinajstić information content (AvgIpc) is 1.31. The molecule has 0 unspecified atom stereocenters. The van der Waals surface area contributed by atoms with E-state index in [0.29, 0.717) is 0 Å². The van der Waals surface area contributed by atoms with Crippen LogP contribution in [-0.2, 0) is 0 Å². The third kappa shape index (κ3) is 3.12. The minimum atomic E-state index is -5.27. The highest BCUT2D eigenvalue weighted by Crippen LogP contribution is 2.16. The van der Waals surface area contributed by atoms with Crippen LogP contribution in [0.4, 0.5) is 16.4 Å². The molecule has 0 saturated heterocycles. The number of rotatable bonds is 1. The first kappa shape index (κ1) is 7.50. The Kier molecular flexibility index (Phi) is 2.34. The molecule has 0 atom stereocenters. The van der Waals surface area contributed by atoms with E-state index in [4.69, 9.17) is 0 Å². The molecule has 0 bridgehead atoms. The summed E-state index contributed by atoms with van der Waals surface area (Å²) in [5, 5.41) is 0. The molecule has 1 radical (unpaired) electrons. The second-order valence-electron chi connectivity index (χ2n) is 0.802. The molecule has 0 aromatic carbocycles. The van der Waals surface area contributed by atoms with E-state index in [-0.39, 0.29) is 0 Å². The van der Waals surface area contributed by atoms with Crippen molar-refractivity contribution in [3.63, 3.8) is 0 Å². The summed E-state index contributed by atoms with van der Waals surface area (Å²) in [6.07, 6.45) is 0. The highest BCUT2D eigenvalue weighted by atomic mass is 32.3. The minimum Gasteiger partial charge on any atom is -0.265 e. The normalized spacial score (nSPS) is 12.9. The Bertz CT molecular complexity index is 55.2. The lowest BCUT2D eigenvalue weighted by Crippen LogP contribution is -2.30. The Balaban J connectivity index is 3.54. The Morgan fingerprint density at radius 1 is 1.29 bits per heavy atom. The maximum Gasteiger partial charge on any atom is 0.542 e. The predicted molar refractivity (Wildman–Crippen MR) is 24.9 cm³/mol. The zero-order valence-electron chi connectivity index (χ0n) is 2.96. The smallest absolute Gasteiger partial charge is 0.265 e. The molecule has 0 amide bonds. The lowest BCUT2D eigenvalue weighted by molar-refractivity contribution is 0.616. The molecule has 0 aromatic heterocycles. The van der Waals surface area contributed by atoms with Crippen LogP contribution >= 0.6 is 12.1 Å². The molecule has 7 heavy (non-hydrogen) atoms. The van der Waals surface area contributed by atoms with Gasteiger partial charge in [0.25, 0.3) is 0 Å². The van der Waals surface area contributed by atoms with Gasteiger partial charge in [0.1, 0.15) is 0 Å². The van der Waals surface area contributed by atoms with Crippen molar-refractivity contribution in [3.05, 3.63) is 0 Å². The van der Waals surface area contributed by atoms with Crippen molar-refractivity contribution in [3.8, 4) is 0 Å². The van der Waals surface area contributed by atoms with E-state index < -0.39 is 16.4 Å². The summed E-state index contributed by atoms with van der Waals surface area (Å²) in [5.74, 6) is 0. The summed E-state index contributed by atoms with van der Waals surface area (Å²) < 4.78 is 44.0. The van der Waals surface area contributed by atoms with Crippen LogP contribution in [0.25, 0.3) is 0 Å². The van der Waals surface area contributed by atoms with Crippen LogP contribution < -0.4 is 0 Å². The second kappa shape index (κ2) is 2.18. The predicted octanol–water partition coefficient (Wildman–Crippen LogP) is 1.30. The molecular formula is HF4SSi2. The molecule has 7 heteroatoms. The largest absolute Gasteiger partial charge is 0.542 e. The maximum atomic E-state index is 11.1. The van der Waals surface area contributed by atoms with Gasteiger partial charge in [0.2, 0.25) is 0 Å². The fraction of sp³-hybridized carbons (Fsp3) is 0. The van der Waals surface area contributed by atoms with Crippen LogP contribution in [0.3, 0.4) is 0 Å². The van der Waals surface area contributed by atoms with Crippen molar-refractivity contribution in [1.82, 2.24) is 0 Å². The van der Waals surface area contributed by atoms with Gasteiger partial charge < -0.3 is 0 Å². The molecule has 0 saturated carbocycles. The Hall–Kier alpha value is 0.504. The summed E-state index contributed by atoms with van der Waals surface area (Å²) in [4.78, 5) is 0. The SMILES string of the molecule is F[Si](F)[Si](F)(F)S. The third-order valence-corrected chi connectivity index (χ3v) is 3.57. The Morgan fingerprint density at radius 3 is 1.43 bits per heavy atom. The first-order valence-corrected chi connectivity index (χ1v) is 6.53. The Labute approximate surface area is 45.7 Å². The van der Waals surface area contributed by atoms with E-state index in [0.717, 1.165) is 0 Å². The van der Waals surface area contributed by atoms with Gasteiger partial charge in [-0.25, -0.2) is 0 Å². The standard InChI is InChI=1S/F4HSSi2/c1-6(2)7(3,4)5/h5H. The number of thiol groups is 1. The van der Waals surface area contributed by atoms with E-state index in [9.17, 15) is 16.4 Å². The van der Waals surface area contributed by atoms with Crippen LogP contribution in [0, 0.1) is 0 Å². The topological polar surface area (TPSA) is 0 Å². The van der Waals surface area contributed by atoms with Crippen molar-refractivity contribution < 1.29 is 16.4 Å². The van der Waals surface area contributed by atoms with Crippen LogP contribution in [0.1, 0.15) is 0 Å². The number of hydrogen-bond acceptors (Lipinski definition) is 1. The third-order valence-electron chi connectivity index (χ3n) is 0.227. The second-order valence-corrected chi connectivity index (χ2v) is 8.37. The molecule has 43 valence electrons. The molecule has 0 aromatic rings. The molecule has 0 spiro atoms. The molecule has 0 aliphatic rings. The summed E-state index contributed by atoms with van der Waals surface area (Å²) in [6.45, 7) is 0. The average molecular weight is 165 g/mol. The highest BCUT2D eigenvalue weighted by Gasteiger charge is 2.48. The molecule has 0 aliphatic heterocycles. The molecule has 0 aliphatic carbocycles.